The van der Waals surface area contributed by atoms with Gasteiger partial charge in [0.05, 0.1) is 0 Å². The molecule has 1 aromatic carbocycles. The van der Waals surface area contributed by atoms with Gasteiger partial charge in [0.15, 0.2) is 0 Å². The average molecular weight is 191 g/mol. The van der Waals surface area contributed by atoms with Gasteiger partial charge in [-0.3, -0.25) is 0 Å². The second kappa shape index (κ2) is 4.01. The van der Waals surface area contributed by atoms with Gasteiger partial charge in [0, 0.05) is 12.1 Å². The van der Waals surface area contributed by atoms with Crippen molar-refractivity contribution in [2.75, 3.05) is 0 Å². The van der Waals surface area contributed by atoms with Gasteiger partial charge in [0.25, 0.3) is 0 Å². The lowest BCUT2D eigenvalue weighted by molar-refractivity contribution is 0.473. The second-order valence-electron chi connectivity index (χ2n) is 4.22. The van der Waals surface area contributed by atoms with Crippen LogP contribution in [0.3, 0.4) is 0 Å². The molecule has 2 nitrogen and oxygen atoms in total. The van der Waals surface area contributed by atoms with E-state index in [2.05, 4.69) is 18.3 Å². The van der Waals surface area contributed by atoms with Crippen LogP contribution in [0.1, 0.15) is 25.3 Å². The number of nitrogens with one attached hydrogen (secondary N) is 1. The number of rotatable bonds is 2. The van der Waals surface area contributed by atoms with Crippen LogP contribution in [0.15, 0.2) is 24.3 Å². The first-order valence-electron chi connectivity index (χ1n) is 5.28. The highest BCUT2D eigenvalue weighted by Crippen LogP contribution is 2.18. The van der Waals surface area contributed by atoms with Gasteiger partial charge < -0.3 is 10.4 Å². The van der Waals surface area contributed by atoms with E-state index in [-0.39, 0.29) is 0 Å². The molecule has 2 atom stereocenters. The van der Waals surface area contributed by atoms with Crippen molar-refractivity contribution in [3.63, 3.8) is 0 Å². The summed E-state index contributed by atoms with van der Waals surface area (Å²) in [4.78, 5) is 0. The highest BCUT2D eigenvalue weighted by atomic mass is 16.3. The van der Waals surface area contributed by atoms with Crippen LogP contribution in [-0.4, -0.2) is 17.2 Å². The highest BCUT2D eigenvalue weighted by Gasteiger charge is 2.19. The fourth-order valence-corrected chi connectivity index (χ4v) is 2.15. The van der Waals surface area contributed by atoms with Gasteiger partial charge in [-0.1, -0.05) is 12.1 Å². The number of benzene rings is 1. The Morgan fingerprint density at radius 3 is 2.93 bits per heavy atom. The molecule has 0 aliphatic carbocycles. The van der Waals surface area contributed by atoms with E-state index in [1.807, 2.05) is 12.1 Å². The molecule has 0 amide bonds. The zero-order chi connectivity index (χ0) is 9.97. The molecule has 2 unspecified atom stereocenters. The molecule has 1 aliphatic heterocycles. The average Bonchev–Trinajstić information content (AvgIpc) is 2.51. The van der Waals surface area contributed by atoms with Gasteiger partial charge in [-0.25, -0.2) is 0 Å². The molecule has 2 rings (SSSR count). The lowest BCUT2D eigenvalue weighted by Gasteiger charge is -2.11. The van der Waals surface area contributed by atoms with Crippen molar-refractivity contribution in [1.82, 2.24) is 5.32 Å². The Hall–Kier alpha value is -1.02. The minimum absolute atomic E-state index is 0.369. The molecule has 1 heterocycles. The van der Waals surface area contributed by atoms with Crippen LogP contribution in [0, 0.1) is 0 Å². The molecule has 0 saturated carbocycles. The Bertz CT molecular complexity index is 311. The Morgan fingerprint density at radius 2 is 2.29 bits per heavy atom. The minimum Gasteiger partial charge on any atom is -0.508 e. The van der Waals surface area contributed by atoms with Crippen molar-refractivity contribution in [2.45, 2.75) is 38.3 Å². The second-order valence-corrected chi connectivity index (χ2v) is 4.22. The third-order valence-electron chi connectivity index (χ3n) is 2.86. The van der Waals surface area contributed by atoms with Gasteiger partial charge in [0.1, 0.15) is 5.75 Å². The maximum Gasteiger partial charge on any atom is 0.115 e. The van der Waals surface area contributed by atoms with Crippen LogP contribution < -0.4 is 5.32 Å². The van der Waals surface area contributed by atoms with Crippen LogP contribution in [0.2, 0.25) is 0 Å². The van der Waals surface area contributed by atoms with Crippen molar-refractivity contribution >= 4 is 0 Å². The van der Waals surface area contributed by atoms with Crippen LogP contribution in [-0.2, 0) is 6.42 Å². The number of hydrogen-bond acceptors (Lipinski definition) is 2. The normalized spacial score (nSPS) is 26.6. The van der Waals surface area contributed by atoms with E-state index >= 15 is 0 Å². The molecular formula is C12H17NO. The van der Waals surface area contributed by atoms with E-state index in [0.29, 0.717) is 17.8 Å². The lowest BCUT2D eigenvalue weighted by Crippen LogP contribution is -2.28. The predicted octanol–water partition coefficient (Wildman–Crippen LogP) is 2.08. The van der Waals surface area contributed by atoms with Crippen molar-refractivity contribution in [3.8, 4) is 5.75 Å². The Labute approximate surface area is 85.0 Å². The molecule has 1 saturated heterocycles. The molecule has 0 radical (unpaired) electrons. The van der Waals surface area contributed by atoms with Crippen LogP contribution in [0.5, 0.6) is 5.75 Å². The van der Waals surface area contributed by atoms with Crippen LogP contribution in [0.25, 0.3) is 0 Å². The summed E-state index contributed by atoms with van der Waals surface area (Å²) >= 11 is 0. The highest BCUT2D eigenvalue weighted by molar-refractivity contribution is 5.27. The van der Waals surface area contributed by atoms with E-state index in [1.165, 1.54) is 18.4 Å². The van der Waals surface area contributed by atoms with Gasteiger partial charge in [0.2, 0.25) is 0 Å². The summed E-state index contributed by atoms with van der Waals surface area (Å²) in [5.41, 5.74) is 1.22. The first kappa shape index (κ1) is 9.53. The topological polar surface area (TPSA) is 32.3 Å². The number of hydrogen-bond donors (Lipinski definition) is 2. The predicted molar refractivity (Wildman–Crippen MR) is 57.4 cm³/mol. The summed E-state index contributed by atoms with van der Waals surface area (Å²) in [6.07, 6.45) is 3.54. The molecule has 0 spiro atoms. The molecule has 2 N–H and O–H groups in total. The van der Waals surface area contributed by atoms with E-state index in [1.54, 1.807) is 6.07 Å². The molecule has 2 heteroatoms. The Kier molecular flexibility index (Phi) is 2.73. The van der Waals surface area contributed by atoms with Crippen molar-refractivity contribution in [2.24, 2.45) is 0 Å². The summed E-state index contributed by atoms with van der Waals surface area (Å²) in [6.45, 7) is 2.22. The van der Waals surface area contributed by atoms with E-state index in [0.717, 1.165) is 6.42 Å². The van der Waals surface area contributed by atoms with Crippen LogP contribution in [0.4, 0.5) is 0 Å². The molecule has 1 aromatic rings. The monoisotopic (exact) mass is 191 g/mol. The Balaban J connectivity index is 1.97. The summed E-state index contributed by atoms with van der Waals surface area (Å²) < 4.78 is 0. The fraction of sp³-hybridized carbons (Fsp3) is 0.500. The molecule has 14 heavy (non-hydrogen) atoms. The number of phenols is 1. The summed E-state index contributed by atoms with van der Waals surface area (Å²) in [5, 5.41) is 12.9. The molecule has 0 aromatic heterocycles. The zero-order valence-corrected chi connectivity index (χ0v) is 8.53. The largest absolute Gasteiger partial charge is 0.508 e. The lowest BCUT2D eigenvalue weighted by atomic mass is 10.0. The van der Waals surface area contributed by atoms with Gasteiger partial charge in [-0.05, 0) is 43.9 Å². The Morgan fingerprint density at radius 1 is 1.43 bits per heavy atom. The van der Waals surface area contributed by atoms with Gasteiger partial charge >= 0.3 is 0 Å². The molecular weight excluding hydrogens is 174 g/mol. The smallest absolute Gasteiger partial charge is 0.115 e. The maximum absolute atomic E-state index is 9.32. The van der Waals surface area contributed by atoms with Gasteiger partial charge in [-0.2, -0.15) is 0 Å². The molecule has 0 bridgehead atoms. The quantitative estimate of drug-likeness (QED) is 0.750. The van der Waals surface area contributed by atoms with E-state index < -0.39 is 0 Å². The standard InChI is InChI=1S/C12H17NO/c1-9-5-6-11(13-9)7-10-3-2-4-12(14)8-10/h2-4,8-9,11,13-14H,5-7H2,1H3. The first-order valence-corrected chi connectivity index (χ1v) is 5.28. The number of phenolic OH excluding ortho intramolecular Hbond substituents is 1. The fourth-order valence-electron chi connectivity index (χ4n) is 2.15. The van der Waals surface area contributed by atoms with Gasteiger partial charge in [-0.15, -0.1) is 0 Å². The number of aromatic hydroxyl groups is 1. The third kappa shape index (κ3) is 2.26. The third-order valence-corrected chi connectivity index (χ3v) is 2.86. The van der Waals surface area contributed by atoms with Crippen LogP contribution >= 0.6 is 0 Å². The molecule has 76 valence electrons. The van der Waals surface area contributed by atoms with E-state index in [4.69, 9.17) is 0 Å². The summed E-state index contributed by atoms with van der Waals surface area (Å²) in [5.74, 6) is 0.369. The molecule has 1 fully saturated rings. The SMILES string of the molecule is CC1CCC(Cc2cccc(O)c2)N1. The summed E-state index contributed by atoms with van der Waals surface area (Å²) in [7, 11) is 0. The minimum atomic E-state index is 0.369. The maximum atomic E-state index is 9.32. The van der Waals surface area contributed by atoms with Crippen molar-refractivity contribution < 1.29 is 5.11 Å². The van der Waals surface area contributed by atoms with Crippen molar-refractivity contribution in [1.29, 1.82) is 0 Å². The zero-order valence-electron chi connectivity index (χ0n) is 8.53. The van der Waals surface area contributed by atoms with Crippen molar-refractivity contribution in [3.05, 3.63) is 29.8 Å². The van der Waals surface area contributed by atoms with E-state index in [9.17, 15) is 5.11 Å². The first-order chi connectivity index (χ1) is 6.74. The molecule has 1 aliphatic rings. The summed E-state index contributed by atoms with van der Waals surface area (Å²) in [6, 6.07) is 8.79.